The Hall–Kier alpha value is -1.66. The van der Waals surface area contributed by atoms with Crippen LogP contribution in [0.15, 0.2) is 65.7 Å². The van der Waals surface area contributed by atoms with Crippen molar-refractivity contribution in [2.75, 3.05) is 6.61 Å². The lowest BCUT2D eigenvalue weighted by atomic mass is 10.0. The molecule has 2 nitrogen and oxygen atoms in total. The molecular weight excluding hydrogens is 349 g/mol. The van der Waals surface area contributed by atoms with Gasteiger partial charge in [0.15, 0.2) is 5.90 Å². The first kappa shape index (κ1) is 18.7. The van der Waals surface area contributed by atoms with Crippen molar-refractivity contribution in [2.24, 2.45) is 16.8 Å². The van der Waals surface area contributed by atoms with Crippen LogP contribution in [0.2, 0.25) is 0 Å². The highest BCUT2D eigenvalue weighted by atomic mass is 31.1. The van der Waals surface area contributed by atoms with E-state index >= 15 is 0 Å². The summed E-state index contributed by atoms with van der Waals surface area (Å²) in [5, 5.41) is 2.96. The van der Waals surface area contributed by atoms with Gasteiger partial charge in [-0.1, -0.05) is 87.4 Å². The van der Waals surface area contributed by atoms with Crippen LogP contribution in [-0.4, -0.2) is 24.2 Å². The molecule has 0 amide bonds. The summed E-state index contributed by atoms with van der Waals surface area (Å²) in [6, 6.07) is 22.6. The average molecular weight is 379 g/mol. The second-order valence-electron chi connectivity index (χ2n) is 7.88. The van der Waals surface area contributed by atoms with E-state index in [4.69, 9.17) is 9.73 Å². The summed E-state index contributed by atoms with van der Waals surface area (Å²) in [5.74, 6) is 2.14. The minimum atomic E-state index is -0.401. The molecular formula is C24H30NOP. The Labute approximate surface area is 164 Å². The van der Waals surface area contributed by atoms with Crippen molar-refractivity contribution < 1.29 is 4.74 Å². The molecule has 0 saturated heterocycles. The zero-order valence-corrected chi connectivity index (χ0v) is 17.3. The molecule has 0 aromatic heterocycles. The molecule has 2 aromatic rings. The van der Waals surface area contributed by atoms with Crippen LogP contribution < -0.4 is 10.6 Å². The van der Waals surface area contributed by atoms with Crippen LogP contribution in [0.1, 0.15) is 39.5 Å². The highest BCUT2D eigenvalue weighted by molar-refractivity contribution is 7.73. The largest absolute Gasteiger partial charge is 0.478 e. The van der Waals surface area contributed by atoms with Crippen molar-refractivity contribution in [1.82, 2.24) is 0 Å². The van der Waals surface area contributed by atoms with Crippen LogP contribution in [-0.2, 0) is 4.74 Å². The van der Waals surface area contributed by atoms with Gasteiger partial charge in [0.05, 0.1) is 6.04 Å². The van der Waals surface area contributed by atoms with Crippen molar-refractivity contribution in [2.45, 2.75) is 51.2 Å². The van der Waals surface area contributed by atoms with E-state index in [1.165, 1.54) is 36.3 Å². The quantitative estimate of drug-likeness (QED) is 0.638. The number of hydrogen-bond acceptors (Lipinski definition) is 2. The predicted molar refractivity (Wildman–Crippen MR) is 117 cm³/mol. The number of aliphatic imine (C=N–C) groups is 1. The minimum Gasteiger partial charge on any atom is -0.478 e. The lowest BCUT2D eigenvalue weighted by molar-refractivity contribution is 0.269. The van der Waals surface area contributed by atoms with Crippen LogP contribution in [0.25, 0.3) is 0 Å². The fraction of sp³-hybridized carbons (Fsp3) is 0.458. The average Bonchev–Trinajstić information content (AvgIpc) is 3.39. The van der Waals surface area contributed by atoms with Crippen LogP contribution >= 0.6 is 7.92 Å². The van der Waals surface area contributed by atoms with E-state index in [0.29, 0.717) is 23.5 Å². The minimum absolute atomic E-state index is 0.353. The molecule has 0 radical (unpaired) electrons. The summed E-state index contributed by atoms with van der Waals surface area (Å²) in [6.45, 7) is 5.33. The molecule has 27 heavy (non-hydrogen) atoms. The fourth-order valence-corrected chi connectivity index (χ4v) is 7.55. The third-order valence-electron chi connectivity index (χ3n) is 6.19. The highest BCUT2D eigenvalue weighted by Crippen LogP contribution is 2.51. The molecule has 1 fully saturated rings. The fourth-order valence-electron chi connectivity index (χ4n) is 4.42. The Balaban J connectivity index is 1.66. The maximum Gasteiger partial charge on any atom is 0.187 e. The van der Waals surface area contributed by atoms with Gasteiger partial charge in [-0.3, -0.25) is 0 Å². The van der Waals surface area contributed by atoms with Crippen LogP contribution in [0.5, 0.6) is 0 Å². The summed E-state index contributed by atoms with van der Waals surface area (Å²) >= 11 is 0. The highest BCUT2D eigenvalue weighted by Gasteiger charge is 2.41. The van der Waals surface area contributed by atoms with E-state index in [9.17, 15) is 0 Å². The second kappa shape index (κ2) is 8.57. The first-order chi connectivity index (χ1) is 13.3. The van der Waals surface area contributed by atoms with Gasteiger partial charge in [0.1, 0.15) is 6.61 Å². The van der Waals surface area contributed by atoms with Gasteiger partial charge < -0.3 is 4.74 Å². The third kappa shape index (κ3) is 3.97. The Morgan fingerprint density at radius 3 is 2.22 bits per heavy atom. The van der Waals surface area contributed by atoms with Crippen molar-refractivity contribution in [3.63, 3.8) is 0 Å². The van der Waals surface area contributed by atoms with Gasteiger partial charge in [0, 0.05) is 5.92 Å². The molecule has 1 saturated carbocycles. The maximum absolute atomic E-state index is 6.18. The maximum atomic E-state index is 6.18. The van der Waals surface area contributed by atoms with E-state index < -0.39 is 7.92 Å². The van der Waals surface area contributed by atoms with E-state index in [1.807, 2.05) is 0 Å². The Bertz CT molecular complexity index is 721. The summed E-state index contributed by atoms with van der Waals surface area (Å²) in [5.41, 5.74) is 0.624. The molecule has 4 atom stereocenters. The van der Waals surface area contributed by atoms with Crippen molar-refractivity contribution in [3.8, 4) is 0 Å². The van der Waals surface area contributed by atoms with E-state index in [2.05, 4.69) is 74.5 Å². The molecule has 1 aliphatic carbocycles. The molecule has 1 heterocycles. The van der Waals surface area contributed by atoms with Gasteiger partial charge in [-0.15, -0.1) is 0 Å². The van der Waals surface area contributed by atoms with Crippen molar-refractivity contribution >= 4 is 24.4 Å². The summed E-state index contributed by atoms with van der Waals surface area (Å²) in [4.78, 5) is 5.07. The SMILES string of the molecule is CCC(C)[C@@H]1COC(C2CCC[C@@H]2P(c2ccccc2)c2ccccc2)=N1. The number of benzene rings is 2. The van der Waals surface area contributed by atoms with Crippen molar-refractivity contribution in [3.05, 3.63) is 60.7 Å². The molecule has 0 N–H and O–H groups in total. The zero-order valence-electron chi connectivity index (χ0n) is 16.4. The number of hydrogen-bond donors (Lipinski definition) is 0. The Morgan fingerprint density at radius 2 is 1.63 bits per heavy atom. The molecule has 3 heteroatoms. The molecule has 4 rings (SSSR count). The van der Waals surface area contributed by atoms with Gasteiger partial charge in [-0.2, -0.15) is 0 Å². The first-order valence-corrected chi connectivity index (χ1v) is 11.8. The summed E-state index contributed by atoms with van der Waals surface area (Å²) in [7, 11) is -0.401. The topological polar surface area (TPSA) is 21.6 Å². The molecule has 0 spiro atoms. The normalized spacial score (nSPS) is 26.0. The van der Waals surface area contributed by atoms with Crippen LogP contribution in [0, 0.1) is 11.8 Å². The van der Waals surface area contributed by atoms with Gasteiger partial charge in [-0.25, -0.2) is 4.99 Å². The van der Waals surface area contributed by atoms with E-state index in [1.54, 1.807) is 0 Å². The van der Waals surface area contributed by atoms with Crippen LogP contribution in [0.4, 0.5) is 0 Å². The monoisotopic (exact) mass is 379 g/mol. The lowest BCUT2D eigenvalue weighted by Crippen LogP contribution is -2.29. The third-order valence-corrected chi connectivity index (χ3v) is 9.18. The van der Waals surface area contributed by atoms with Gasteiger partial charge in [-0.05, 0) is 42.9 Å². The smallest absolute Gasteiger partial charge is 0.187 e. The number of ether oxygens (including phenoxy) is 1. The zero-order chi connectivity index (χ0) is 18.6. The molecule has 0 bridgehead atoms. The van der Waals surface area contributed by atoms with Gasteiger partial charge in [0.2, 0.25) is 0 Å². The van der Waals surface area contributed by atoms with E-state index in [-0.39, 0.29) is 0 Å². The predicted octanol–water partition coefficient (Wildman–Crippen LogP) is 5.13. The molecule has 2 unspecified atom stereocenters. The number of rotatable bonds is 6. The molecule has 2 aromatic carbocycles. The molecule has 2 aliphatic rings. The van der Waals surface area contributed by atoms with Gasteiger partial charge >= 0.3 is 0 Å². The standard InChI is InChI=1S/C24H30NOP/c1-3-18(2)22-17-26-24(25-22)21-15-10-16-23(21)27(19-11-6-4-7-12-19)20-13-8-5-9-14-20/h4-9,11-14,18,21-23H,3,10,15-17H2,1-2H3/t18?,21?,22-,23-/m0/s1. The summed E-state index contributed by atoms with van der Waals surface area (Å²) < 4.78 is 6.18. The summed E-state index contributed by atoms with van der Waals surface area (Å²) in [6.07, 6.45) is 4.94. The van der Waals surface area contributed by atoms with E-state index in [0.717, 1.165) is 12.5 Å². The molecule has 142 valence electrons. The molecule has 1 aliphatic heterocycles. The van der Waals surface area contributed by atoms with Gasteiger partial charge in [0.25, 0.3) is 0 Å². The van der Waals surface area contributed by atoms with Crippen LogP contribution in [0.3, 0.4) is 0 Å². The van der Waals surface area contributed by atoms with Crippen molar-refractivity contribution in [1.29, 1.82) is 0 Å². The Morgan fingerprint density at radius 1 is 1.00 bits per heavy atom. The Kier molecular flexibility index (Phi) is 5.93. The second-order valence-corrected chi connectivity index (χ2v) is 10.3. The lowest BCUT2D eigenvalue weighted by Gasteiger charge is -2.29. The first-order valence-electron chi connectivity index (χ1n) is 10.4. The number of nitrogens with zero attached hydrogens (tertiary/aromatic N) is 1.